The van der Waals surface area contributed by atoms with Crippen LogP contribution in [-0.2, 0) is 10.3 Å². The van der Waals surface area contributed by atoms with Crippen LogP contribution in [0.5, 0.6) is 0 Å². The van der Waals surface area contributed by atoms with Gasteiger partial charge in [0.2, 0.25) is 5.91 Å². The number of nitrogens with zero attached hydrogens (tertiary/aromatic N) is 4. The topological polar surface area (TPSA) is 80.1 Å². The van der Waals surface area contributed by atoms with Crippen molar-refractivity contribution in [1.82, 2.24) is 19.7 Å². The molecule has 1 aliphatic heterocycles. The standard InChI is InChI=1S/C27H35N5O2/c1-17(2)22-15-21(23-18(3)30-32(24(23)29-22)27(4,5)6)26(34)31-14-10-11-19(16-31)25(33)28-20-12-8-7-9-13-20/h7-9,12-13,15,17,19H,10-11,14,16H2,1-6H3,(H,28,33). The average molecular weight is 462 g/mol. The van der Waals surface area contributed by atoms with Gasteiger partial charge in [-0.15, -0.1) is 0 Å². The SMILES string of the molecule is Cc1nn(C(C)(C)C)c2nc(C(C)C)cc(C(=O)N3CCCC(C(=O)Nc4ccccc4)C3)c12. The predicted octanol–water partition coefficient (Wildman–Crippen LogP) is 5.11. The van der Waals surface area contributed by atoms with Crippen molar-refractivity contribution >= 4 is 28.5 Å². The van der Waals surface area contributed by atoms with E-state index in [-0.39, 0.29) is 29.2 Å². The second-order valence-electron chi connectivity index (χ2n) is 10.6. The molecule has 4 rings (SSSR count). The quantitative estimate of drug-likeness (QED) is 0.586. The third-order valence-electron chi connectivity index (χ3n) is 6.41. The molecule has 0 saturated carbocycles. The monoisotopic (exact) mass is 461 g/mol. The van der Waals surface area contributed by atoms with E-state index in [1.165, 1.54) is 0 Å². The maximum absolute atomic E-state index is 13.9. The fourth-order valence-corrected chi connectivity index (χ4v) is 4.55. The number of aryl methyl sites for hydroxylation is 1. The molecule has 0 spiro atoms. The Kier molecular flexibility index (Phi) is 6.47. The molecule has 1 unspecified atom stereocenters. The van der Waals surface area contributed by atoms with E-state index in [1.54, 1.807) is 0 Å². The van der Waals surface area contributed by atoms with Gasteiger partial charge >= 0.3 is 0 Å². The molecule has 1 fully saturated rings. The van der Waals surface area contributed by atoms with Crippen molar-refractivity contribution in [3.8, 4) is 0 Å². The van der Waals surface area contributed by atoms with Crippen LogP contribution in [-0.4, -0.2) is 44.6 Å². The molecule has 2 aromatic heterocycles. The highest BCUT2D eigenvalue weighted by atomic mass is 16.2. The van der Waals surface area contributed by atoms with Gasteiger partial charge in [0, 0.05) is 24.5 Å². The van der Waals surface area contributed by atoms with Crippen molar-refractivity contribution in [2.45, 2.75) is 65.8 Å². The third-order valence-corrected chi connectivity index (χ3v) is 6.41. The number of likely N-dealkylation sites (tertiary alicyclic amines) is 1. The van der Waals surface area contributed by atoms with Crippen LogP contribution in [0.25, 0.3) is 11.0 Å². The van der Waals surface area contributed by atoms with Gasteiger partial charge in [0.15, 0.2) is 5.65 Å². The van der Waals surface area contributed by atoms with E-state index in [9.17, 15) is 9.59 Å². The molecule has 180 valence electrons. The lowest BCUT2D eigenvalue weighted by molar-refractivity contribution is -0.121. The molecule has 1 aromatic carbocycles. The number of fused-ring (bicyclic) bond motifs is 1. The van der Waals surface area contributed by atoms with Gasteiger partial charge < -0.3 is 10.2 Å². The van der Waals surface area contributed by atoms with E-state index < -0.39 is 0 Å². The Morgan fingerprint density at radius 1 is 1.15 bits per heavy atom. The molecule has 1 N–H and O–H groups in total. The molecule has 1 atom stereocenters. The van der Waals surface area contributed by atoms with Gasteiger partial charge in [0.25, 0.3) is 5.91 Å². The van der Waals surface area contributed by atoms with Crippen molar-refractivity contribution in [1.29, 1.82) is 0 Å². The zero-order valence-electron chi connectivity index (χ0n) is 21.1. The summed E-state index contributed by atoms with van der Waals surface area (Å²) in [6.07, 6.45) is 1.57. The lowest BCUT2D eigenvalue weighted by atomic mass is 9.95. The number of amides is 2. The molecule has 0 radical (unpaired) electrons. The van der Waals surface area contributed by atoms with Gasteiger partial charge in [0.05, 0.1) is 28.1 Å². The molecule has 0 aliphatic carbocycles. The molecule has 1 saturated heterocycles. The number of para-hydroxylation sites is 1. The number of carbonyl (C=O) groups is 2. The summed E-state index contributed by atoms with van der Waals surface area (Å²) in [6.45, 7) is 13.4. The smallest absolute Gasteiger partial charge is 0.254 e. The molecular formula is C27H35N5O2. The Hall–Kier alpha value is -3.22. The molecule has 3 heterocycles. The molecule has 7 heteroatoms. The van der Waals surface area contributed by atoms with Crippen LogP contribution in [0, 0.1) is 12.8 Å². The first-order valence-corrected chi connectivity index (χ1v) is 12.1. The number of aromatic nitrogens is 3. The highest BCUT2D eigenvalue weighted by Crippen LogP contribution is 2.30. The minimum Gasteiger partial charge on any atom is -0.338 e. The summed E-state index contributed by atoms with van der Waals surface area (Å²) < 4.78 is 1.92. The second-order valence-corrected chi connectivity index (χ2v) is 10.6. The van der Waals surface area contributed by atoms with E-state index in [0.717, 1.165) is 41.0 Å². The van der Waals surface area contributed by atoms with Gasteiger partial charge in [-0.1, -0.05) is 32.0 Å². The fraction of sp³-hybridized carbons (Fsp3) is 0.481. The van der Waals surface area contributed by atoms with Crippen molar-refractivity contribution in [3.05, 3.63) is 53.3 Å². The lowest BCUT2D eigenvalue weighted by Crippen LogP contribution is -2.43. The number of carbonyl (C=O) groups excluding carboxylic acids is 2. The number of hydrogen-bond acceptors (Lipinski definition) is 4. The molecule has 2 amide bonds. The number of pyridine rings is 1. The number of nitrogens with one attached hydrogen (secondary N) is 1. The average Bonchev–Trinajstić information content (AvgIpc) is 3.16. The van der Waals surface area contributed by atoms with E-state index in [4.69, 9.17) is 10.1 Å². The maximum atomic E-state index is 13.9. The van der Waals surface area contributed by atoms with Crippen LogP contribution in [0.4, 0.5) is 5.69 Å². The summed E-state index contributed by atoms with van der Waals surface area (Å²) in [5.74, 6) is -0.158. The van der Waals surface area contributed by atoms with Gasteiger partial charge in [-0.25, -0.2) is 9.67 Å². The Bertz CT molecular complexity index is 1210. The summed E-state index contributed by atoms with van der Waals surface area (Å²) in [4.78, 5) is 33.5. The third kappa shape index (κ3) is 4.69. The van der Waals surface area contributed by atoms with Crippen molar-refractivity contribution in [2.75, 3.05) is 18.4 Å². The van der Waals surface area contributed by atoms with Crippen LogP contribution < -0.4 is 5.32 Å². The second kappa shape index (κ2) is 9.20. The first kappa shape index (κ1) is 23.9. The molecule has 3 aromatic rings. The first-order chi connectivity index (χ1) is 16.1. The Labute approximate surface area is 201 Å². The number of benzene rings is 1. The van der Waals surface area contributed by atoms with Crippen molar-refractivity contribution < 1.29 is 9.59 Å². The predicted molar refractivity (Wildman–Crippen MR) is 135 cm³/mol. The van der Waals surface area contributed by atoms with Crippen LogP contribution in [0.15, 0.2) is 36.4 Å². The van der Waals surface area contributed by atoms with E-state index in [0.29, 0.717) is 18.7 Å². The van der Waals surface area contributed by atoms with E-state index >= 15 is 0 Å². The minimum atomic E-state index is -0.263. The largest absolute Gasteiger partial charge is 0.338 e. The highest BCUT2D eigenvalue weighted by Gasteiger charge is 2.32. The first-order valence-electron chi connectivity index (χ1n) is 12.1. The highest BCUT2D eigenvalue weighted by molar-refractivity contribution is 6.07. The number of anilines is 1. The van der Waals surface area contributed by atoms with Crippen molar-refractivity contribution in [3.63, 3.8) is 0 Å². The fourth-order valence-electron chi connectivity index (χ4n) is 4.55. The zero-order valence-corrected chi connectivity index (χ0v) is 21.1. The normalized spacial score (nSPS) is 16.8. The Balaban J connectivity index is 1.66. The minimum absolute atomic E-state index is 0.0387. The molecule has 34 heavy (non-hydrogen) atoms. The van der Waals surface area contributed by atoms with Crippen molar-refractivity contribution in [2.24, 2.45) is 5.92 Å². The summed E-state index contributed by atoms with van der Waals surface area (Å²) in [5, 5.41) is 8.56. The van der Waals surface area contributed by atoms with Gasteiger partial charge in [0.1, 0.15) is 0 Å². The van der Waals surface area contributed by atoms with Crippen LogP contribution in [0.1, 0.15) is 75.1 Å². The van der Waals surface area contributed by atoms with Crippen LogP contribution >= 0.6 is 0 Å². The van der Waals surface area contributed by atoms with Crippen LogP contribution in [0.3, 0.4) is 0 Å². The number of rotatable bonds is 4. The van der Waals surface area contributed by atoms with Gasteiger partial charge in [-0.2, -0.15) is 5.10 Å². The van der Waals surface area contributed by atoms with E-state index in [2.05, 4.69) is 39.9 Å². The summed E-state index contributed by atoms with van der Waals surface area (Å²) in [6, 6.07) is 11.4. The summed E-state index contributed by atoms with van der Waals surface area (Å²) in [5.41, 5.74) is 3.56. The van der Waals surface area contributed by atoms with Crippen LogP contribution in [0.2, 0.25) is 0 Å². The Morgan fingerprint density at radius 2 is 1.85 bits per heavy atom. The maximum Gasteiger partial charge on any atom is 0.254 e. The molecule has 1 aliphatic rings. The molecular weight excluding hydrogens is 426 g/mol. The number of hydrogen-bond donors (Lipinski definition) is 1. The summed E-state index contributed by atoms with van der Waals surface area (Å²) in [7, 11) is 0. The lowest BCUT2D eigenvalue weighted by Gasteiger charge is -2.32. The summed E-state index contributed by atoms with van der Waals surface area (Å²) >= 11 is 0. The molecule has 0 bridgehead atoms. The molecule has 7 nitrogen and oxygen atoms in total. The zero-order chi connectivity index (χ0) is 24.6. The van der Waals surface area contributed by atoms with Gasteiger partial charge in [-0.05, 0) is 64.7 Å². The Morgan fingerprint density at radius 3 is 2.50 bits per heavy atom. The van der Waals surface area contributed by atoms with Gasteiger partial charge in [-0.3, -0.25) is 9.59 Å². The van der Waals surface area contributed by atoms with E-state index in [1.807, 2.05) is 52.9 Å². The number of piperidine rings is 1.